The van der Waals surface area contributed by atoms with Crippen molar-refractivity contribution < 1.29 is 17.2 Å². The molecule has 21 heavy (non-hydrogen) atoms. The summed E-state index contributed by atoms with van der Waals surface area (Å²) in [6, 6.07) is 1.69. The van der Waals surface area contributed by atoms with E-state index in [4.69, 9.17) is 0 Å². The monoisotopic (exact) mass is 314 g/mol. The number of rotatable bonds is 4. The van der Waals surface area contributed by atoms with Crippen LogP contribution in [0.25, 0.3) is 0 Å². The van der Waals surface area contributed by atoms with E-state index in [0.717, 1.165) is 24.5 Å². The molecular weight excluding hydrogens is 302 g/mol. The van der Waals surface area contributed by atoms with Gasteiger partial charge in [-0.2, -0.15) is 0 Å². The minimum atomic E-state index is -4.10. The van der Waals surface area contributed by atoms with Crippen LogP contribution in [-0.4, -0.2) is 25.4 Å². The number of hydrogen-bond donors (Lipinski definition) is 2. The molecule has 0 amide bonds. The van der Waals surface area contributed by atoms with Crippen molar-refractivity contribution in [1.29, 1.82) is 0 Å². The van der Waals surface area contributed by atoms with Gasteiger partial charge in [-0.1, -0.05) is 0 Å². The fraction of sp³-hybridized carbons (Fsp3) is 0.167. The van der Waals surface area contributed by atoms with Crippen molar-refractivity contribution >= 4 is 21.7 Å². The molecule has 0 aliphatic heterocycles. The van der Waals surface area contributed by atoms with Crippen LogP contribution in [0.3, 0.4) is 0 Å². The maximum absolute atomic E-state index is 13.7. The maximum atomic E-state index is 13.7. The first-order chi connectivity index (χ1) is 9.83. The van der Waals surface area contributed by atoms with Gasteiger partial charge in [-0.05, 0) is 18.6 Å². The molecule has 6 nitrogen and oxygen atoms in total. The third-order valence-electron chi connectivity index (χ3n) is 2.65. The molecule has 2 N–H and O–H groups in total. The summed E-state index contributed by atoms with van der Waals surface area (Å²) in [5.41, 5.74) is -0.395. The Balaban J connectivity index is 2.34. The molecule has 1 aromatic heterocycles. The number of hydrogen-bond acceptors (Lipinski definition) is 5. The zero-order chi connectivity index (χ0) is 15.6. The first-order valence-electron chi connectivity index (χ1n) is 5.82. The van der Waals surface area contributed by atoms with Crippen LogP contribution < -0.4 is 10.0 Å². The lowest BCUT2D eigenvalue weighted by Crippen LogP contribution is -2.15. The van der Waals surface area contributed by atoms with Crippen LogP contribution in [0.2, 0.25) is 0 Å². The fourth-order valence-corrected chi connectivity index (χ4v) is 2.46. The van der Waals surface area contributed by atoms with Gasteiger partial charge in [0, 0.05) is 13.1 Å². The maximum Gasteiger partial charge on any atom is 0.265 e. The van der Waals surface area contributed by atoms with Gasteiger partial charge in [-0.15, -0.1) is 0 Å². The first-order valence-corrected chi connectivity index (χ1v) is 7.30. The average molecular weight is 314 g/mol. The summed E-state index contributed by atoms with van der Waals surface area (Å²) in [5, 5.41) is 2.63. The summed E-state index contributed by atoms with van der Waals surface area (Å²) >= 11 is 0. The van der Waals surface area contributed by atoms with Crippen molar-refractivity contribution in [3.8, 4) is 0 Å². The Morgan fingerprint density at radius 1 is 1.10 bits per heavy atom. The van der Waals surface area contributed by atoms with Crippen molar-refractivity contribution in [2.24, 2.45) is 0 Å². The molecule has 0 fully saturated rings. The fourth-order valence-electron chi connectivity index (χ4n) is 1.51. The number of aromatic nitrogens is 2. The SMILES string of the molecule is CNc1ncc(S(=O)(=O)Nc2cc(F)c(C)cc2F)cn1. The molecule has 0 saturated carbocycles. The second-order valence-electron chi connectivity index (χ2n) is 4.18. The molecule has 0 radical (unpaired) electrons. The summed E-state index contributed by atoms with van der Waals surface area (Å²) in [6.07, 6.45) is 2.12. The molecule has 2 rings (SSSR count). The predicted octanol–water partition coefficient (Wildman–Crippen LogP) is 1.91. The van der Waals surface area contributed by atoms with Gasteiger partial charge in [-0.3, -0.25) is 4.72 Å². The Morgan fingerprint density at radius 3 is 2.29 bits per heavy atom. The van der Waals surface area contributed by atoms with E-state index in [1.54, 1.807) is 7.05 Å². The Kier molecular flexibility index (Phi) is 4.03. The van der Waals surface area contributed by atoms with Crippen molar-refractivity contribution in [3.63, 3.8) is 0 Å². The topological polar surface area (TPSA) is 84.0 Å². The van der Waals surface area contributed by atoms with Gasteiger partial charge in [0.15, 0.2) is 0 Å². The predicted molar refractivity (Wildman–Crippen MR) is 73.5 cm³/mol. The molecule has 2 aromatic rings. The Hall–Kier alpha value is -2.29. The summed E-state index contributed by atoms with van der Waals surface area (Å²) in [5.74, 6) is -1.34. The molecular formula is C12H12F2N4O2S. The van der Waals surface area contributed by atoms with Gasteiger partial charge in [0.1, 0.15) is 16.5 Å². The summed E-state index contributed by atoms with van der Waals surface area (Å²) in [7, 11) is -2.52. The molecule has 9 heteroatoms. The van der Waals surface area contributed by atoms with E-state index in [9.17, 15) is 17.2 Å². The van der Waals surface area contributed by atoms with Crippen molar-refractivity contribution in [3.05, 3.63) is 41.7 Å². The van der Waals surface area contributed by atoms with Crippen LogP contribution in [0.4, 0.5) is 20.4 Å². The highest BCUT2D eigenvalue weighted by Crippen LogP contribution is 2.22. The lowest BCUT2D eigenvalue weighted by atomic mass is 10.2. The highest BCUT2D eigenvalue weighted by molar-refractivity contribution is 7.92. The molecule has 0 atom stereocenters. The molecule has 0 saturated heterocycles. The van der Waals surface area contributed by atoms with Gasteiger partial charge < -0.3 is 5.32 Å². The lowest BCUT2D eigenvalue weighted by Gasteiger charge is -2.10. The number of sulfonamides is 1. The summed E-state index contributed by atoms with van der Waals surface area (Å²) in [4.78, 5) is 7.24. The third kappa shape index (κ3) is 3.24. The number of halogens is 2. The minimum absolute atomic E-state index is 0.0807. The van der Waals surface area contributed by atoms with Crippen LogP contribution in [0, 0.1) is 18.6 Å². The standard InChI is InChI=1S/C12H12F2N4O2S/c1-7-3-10(14)11(4-9(7)13)18-21(19,20)8-5-16-12(15-2)17-6-8/h3-6,18H,1-2H3,(H,15,16,17). The van der Waals surface area contributed by atoms with Gasteiger partial charge in [0.25, 0.3) is 10.0 Å². The highest BCUT2D eigenvalue weighted by atomic mass is 32.2. The molecule has 1 heterocycles. The molecule has 0 bridgehead atoms. The third-order valence-corrected chi connectivity index (χ3v) is 3.97. The minimum Gasteiger partial charge on any atom is -0.357 e. The second kappa shape index (κ2) is 5.60. The van der Waals surface area contributed by atoms with Gasteiger partial charge in [0.2, 0.25) is 5.95 Å². The average Bonchev–Trinajstić information content (AvgIpc) is 2.44. The number of benzene rings is 1. The Morgan fingerprint density at radius 2 is 1.71 bits per heavy atom. The van der Waals surface area contributed by atoms with Crippen LogP contribution in [0.5, 0.6) is 0 Å². The highest BCUT2D eigenvalue weighted by Gasteiger charge is 2.18. The molecule has 0 aliphatic carbocycles. The van der Waals surface area contributed by atoms with Crippen LogP contribution in [0.15, 0.2) is 29.4 Å². The lowest BCUT2D eigenvalue weighted by molar-refractivity contribution is 0.590. The largest absolute Gasteiger partial charge is 0.357 e. The van der Waals surface area contributed by atoms with E-state index < -0.39 is 27.3 Å². The number of aryl methyl sites for hydroxylation is 1. The number of nitrogens with one attached hydrogen (secondary N) is 2. The summed E-state index contributed by atoms with van der Waals surface area (Å²) in [6.45, 7) is 1.38. The molecule has 0 unspecified atom stereocenters. The van der Waals surface area contributed by atoms with E-state index in [2.05, 4.69) is 15.3 Å². The van der Waals surface area contributed by atoms with Crippen molar-refractivity contribution in [1.82, 2.24) is 9.97 Å². The normalized spacial score (nSPS) is 11.2. The van der Waals surface area contributed by atoms with Crippen molar-refractivity contribution in [2.45, 2.75) is 11.8 Å². The number of anilines is 2. The second-order valence-corrected chi connectivity index (χ2v) is 5.86. The first kappa shape index (κ1) is 15.1. The van der Waals surface area contributed by atoms with E-state index in [-0.39, 0.29) is 16.4 Å². The zero-order valence-electron chi connectivity index (χ0n) is 11.2. The van der Waals surface area contributed by atoms with Gasteiger partial charge in [0.05, 0.1) is 18.1 Å². The van der Waals surface area contributed by atoms with Gasteiger partial charge >= 0.3 is 0 Å². The van der Waals surface area contributed by atoms with E-state index >= 15 is 0 Å². The Labute approximate surface area is 120 Å². The number of nitrogens with zero attached hydrogens (tertiary/aromatic N) is 2. The molecule has 0 aliphatic rings. The van der Waals surface area contributed by atoms with Crippen molar-refractivity contribution in [2.75, 3.05) is 17.1 Å². The quantitative estimate of drug-likeness (QED) is 0.900. The smallest absolute Gasteiger partial charge is 0.265 e. The van der Waals surface area contributed by atoms with Crippen LogP contribution in [-0.2, 0) is 10.0 Å². The van der Waals surface area contributed by atoms with E-state index in [1.807, 2.05) is 4.72 Å². The van der Waals surface area contributed by atoms with E-state index in [1.165, 1.54) is 6.92 Å². The van der Waals surface area contributed by atoms with Gasteiger partial charge in [-0.25, -0.2) is 27.2 Å². The summed E-state index contributed by atoms with van der Waals surface area (Å²) < 4.78 is 53.1. The van der Waals surface area contributed by atoms with E-state index in [0.29, 0.717) is 0 Å². The molecule has 1 aromatic carbocycles. The zero-order valence-corrected chi connectivity index (χ0v) is 12.0. The van der Waals surface area contributed by atoms with Crippen LogP contribution in [0.1, 0.15) is 5.56 Å². The Bertz CT molecular complexity index is 764. The van der Waals surface area contributed by atoms with Crippen LogP contribution >= 0.6 is 0 Å². The molecule has 0 spiro atoms. The molecule has 112 valence electrons.